The Hall–Kier alpha value is -0.600. The number of methoxy groups -OCH3 is 1. The predicted molar refractivity (Wildman–Crippen MR) is 39.7 cm³/mol. The van der Waals surface area contributed by atoms with Crippen LogP contribution >= 0.6 is 0 Å². The summed E-state index contributed by atoms with van der Waals surface area (Å²) >= 11 is 0. The molecular formula is C8H12O2. The van der Waals surface area contributed by atoms with Crippen LogP contribution in [0.15, 0.2) is 23.8 Å². The number of aliphatic hydroxyl groups excluding tert-OH is 1. The first-order valence-electron chi connectivity index (χ1n) is 3.31. The number of hydrogen-bond donors (Lipinski definition) is 1. The summed E-state index contributed by atoms with van der Waals surface area (Å²) in [5, 5.41) is 9.29. The van der Waals surface area contributed by atoms with Crippen molar-refractivity contribution in [2.24, 2.45) is 0 Å². The third kappa shape index (κ3) is 1.28. The van der Waals surface area contributed by atoms with Crippen molar-refractivity contribution in [1.29, 1.82) is 0 Å². The molecule has 0 spiro atoms. The molecule has 0 amide bonds. The molecule has 1 N–H and O–H groups in total. The summed E-state index contributed by atoms with van der Waals surface area (Å²) in [6.07, 6.45) is 4.89. The van der Waals surface area contributed by atoms with Gasteiger partial charge in [-0.25, -0.2) is 0 Å². The average Bonchev–Trinajstić information content (AvgIpc) is 1.88. The quantitative estimate of drug-likeness (QED) is 0.585. The zero-order valence-corrected chi connectivity index (χ0v) is 6.24. The van der Waals surface area contributed by atoms with Crippen molar-refractivity contribution in [3.05, 3.63) is 23.8 Å². The standard InChI is InChI=1S/C8H12O2/c1-6-4-3-5-7(9)8(6)10-2/h3-5,7-9H,1-2H3. The molecule has 1 rings (SSSR count). The Balaban J connectivity index is 2.71. The van der Waals surface area contributed by atoms with Crippen molar-refractivity contribution in [2.75, 3.05) is 7.11 Å². The maximum Gasteiger partial charge on any atom is 0.108 e. The van der Waals surface area contributed by atoms with Crippen molar-refractivity contribution >= 4 is 0 Å². The van der Waals surface area contributed by atoms with Crippen molar-refractivity contribution in [2.45, 2.75) is 19.1 Å². The minimum Gasteiger partial charge on any atom is -0.386 e. The molecule has 2 atom stereocenters. The molecule has 10 heavy (non-hydrogen) atoms. The number of allylic oxidation sites excluding steroid dienone is 2. The lowest BCUT2D eigenvalue weighted by atomic mass is 10.0. The lowest BCUT2D eigenvalue weighted by Crippen LogP contribution is -2.28. The molecule has 0 fully saturated rings. The van der Waals surface area contributed by atoms with Crippen molar-refractivity contribution in [3.63, 3.8) is 0 Å². The average molecular weight is 140 g/mol. The van der Waals surface area contributed by atoms with Gasteiger partial charge in [0.25, 0.3) is 0 Å². The van der Waals surface area contributed by atoms with Crippen molar-refractivity contribution < 1.29 is 9.84 Å². The van der Waals surface area contributed by atoms with E-state index in [0.717, 1.165) is 5.57 Å². The molecule has 2 nitrogen and oxygen atoms in total. The van der Waals surface area contributed by atoms with Crippen LogP contribution in [-0.2, 0) is 4.74 Å². The van der Waals surface area contributed by atoms with Gasteiger partial charge in [0, 0.05) is 7.11 Å². The van der Waals surface area contributed by atoms with Gasteiger partial charge in [0.05, 0.1) is 0 Å². The summed E-state index contributed by atoms with van der Waals surface area (Å²) in [5.74, 6) is 0. The van der Waals surface area contributed by atoms with Crippen LogP contribution in [0, 0.1) is 0 Å². The fourth-order valence-corrected chi connectivity index (χ4v) is 1.11. The SMILES string of the molecule is COC1C(C)=CC=CC1O. The lowest BCUT2D eigenvalue weighted by Gasteiger charge is -2.21. The summed E-state index contributed by atoms with van der Waals surface area (Å²) in [5.41, 5.74) is 1.07. The van der Waals surface area contributed by atoms with Crippen LogP contribution in [0.25, 0.3) is 0 Å². The molecule has 0 aromatic rings. The molecule has 2 unspecified atom stereocenters. The fraction of sp³-hybridized carbons (Fsp3) is 0.500. The Kier molecular flexibility index (Phi) is 2.25. The zero-order chi connectivity index (χ0) is 7.56. The molecule has 0 radical (unpaired) electrons. The van der Waals surface area contributed by atoms with E-state index >= 15 is 0 Å². The highest BCUT2D eigenvalue weighted by Gasteiger charge is 2.19. The summed E-state index contributed by atoms with van der Waals surface area (Å²) < 4.78 is 5.05. The van der Waals surface area contributed by atoms with E-state index in [1.54, 1.807) is 13.2 Å². The number of hydrogen-bond acceptors (Lipinski definition) is 2. The van der Waals surface area contributed by atoms with Crippen molar-refractivity contribution in [3.8, 4) is 0 Å². The second kappa shape index (κ2) is 2.99. The van der Waals surface area contributed by atoms with Crippen LogP contribution in [0.4, 0.5) is 0 Å². The molecule has 1 aliphatic carbocycles. The summed E-state index contributed by atoms with van der Waals surface area (Å²) in [6, 6.07) is 0. The van der Waals surface area contributed by atoms with Gasteiger partial charge in [-0.1, -0.05) is 18.2 Å². The first-order valence-corrected chi connectivity index (χ1v) is 3.31. The summed E-state index contributed by atoms with van der Waals surface area (Å²) in [7, 11) is 1.60. The third-order valence-corrected chi connectivity index (χ3v) is 1.68. The van der Waals surface area contributed by atoms with Crippen LogP contribution in [-0.4, -0.2) is 24.4 Å². The molecule has 0 heterocycles. The number of aliphatic hydroxyl groups is 1. The summed E-state index contributed by atoms with van der Waals surface area (Å²) in [4.78, 5) is 0. The van der Waals surface area contributed by atoms with Gasteiger partial charge in [-0.2, -0.15) is 0 Å². The molecule has 0 aliphatic heterocycles. The van der Waals surface area contributed by atoms with E-state index in [4.69, 9.17) is 4.74 Å². The van der Waals surface area contributed by atoms with E-state index in [0.29, 0.717) is 0 Å². The fourth-order valence-electron chi connectivity index (χ4n) is 1.11. The number of rotatable bonds is 1. The Labute approximate surface area is 60.8 Å². The van der Waals surface area contributed by atoms with E-state index in [2.05, 4.69) is 0 Å². The van der Waals surface area contributed by atoms with Crippen molar-refractivity contribution in [1.82, 2.24) is 0 Å². The van der Waals surface area contributed by atoms with Gasteiger partial charge >= 0.3 is 0 Å². The molecule has 0 saturated carbocycles. The highest BCUT2D eigenvalue weighted by Crippen LogP contribution is 2.15. The Morgan fingerprint density at radius 3 is 2.70 bits per heavy atom. The maximum atomic E-state index is 9.29. The van der Waals surface area contributed by atoms with Gasteiger partial charge in [0.1, 0.15) is 12.2 Å². The molecule has 1 aliphatic rings. The first-order chi connectivity index (χ1) is 4.75. The molecule has 0 bridgehead atoms. The van der Waals surface area contributed by atoms with Gasteiger partial charge in [-0.15, -0.1) is 0 Å². The smallest absolute Gasteiger partial charge is 0.108 e. The lowest BCUT2D eigenvalue weighted by molar-refractivity contribution is 0.0342. The monoisotopic (exact) mass is 140 g/mol. The molecular weight excluding hydrogens is 128 g/mol. The Bertz CT molecular complexity index is 170. The van der Waals surface area contributed by atoms with E-state index in [-0.39, 0.29) is 6.10 Å². The minimum absolute atomic E-state index is 0.148. The maximum absolute atomic E-state index is 9.29. The van der Waals surface area contributed by atoms with E-state index in [1.807, 2.05) is 19.1 Å². The Morgan fingerprint density at radius 1 is 1.60 bits per heavy atom. The number of ether oxygens (including phenoxy) is 1. The second-order valence-corrected chi connectivity index (χ2v) is 2.44. The minimum atomic E-state index is -0.477. The molecule has 0 aromatic carbocycles. The van der Waals surface area contributed by atoms with Crippen LogP contribution in [0.1, 0.15) is 6.92 Å². The van der Waals surface area contributed by atoms with Gasteiger partial charge in [-0.3, -0.25) is 0 Å². The molecule has 0 saturated heterocycles. The predicted octanol–water partition coefficient (Wildman–Crippen LogP) is 0.878. The van der Waals surface area contributed by atoms with Gasteiger partial charge in [-0.05, 0) is 12.5 Å². The van der Waals surface area contributed by atoms with Gasteiger partial charge in [0.15, 0.2) is 0 Å². The molecule has 2 heteroatoms. The van der Waals surface area contributed by atoms with E-state index < -0.39 is 6.10 Å². The third-order valence-electron chi connectivity index (χ3n) is 1.68. The van der Waals surface area contributed by atoms with Crippen LogP contribution in [0.3, 0.4) is 0 Å². The van der Waals surface area contributed by atoms with Gasteiger partial charge < -0.3 is 9.84 Å². The normalized spacial score (nSPS) is 32.1. The summed E-state index contributed by atoms with van der Waals surface area (Å²) in [6.45, 7) is 1.95. The second-order valence-electron chi connectivity index (χ2n) is 2.44. The highest BCUT2D eigenvalue weighted by molar-refractivity contribution is 5.23. The van der Waals surface area contributed by atoms with Gasteiger partial charge in [0.2, 0.25) is 0 Å². The van der Waals surface area contributed by atoms with E-state index in [9.17, 15) is 5.11 Å². The largest absolute Gasteiger partial charge is 0.386 e. The van der Waals surface area contributed by atoms with Crippen LogP contribution in [0.2, 0.25) is 0 Å². The Morgan fingerprint density at radius 2 is 2.30 bits per heavy atom. The highest BCUT2D eigenvalue weighted by atomic mass is 16.5. The molecule has 56 valence electrons. The van der Waals surface area contributed by atoms with Crippen LogP contribution in [0.5, 0.6) is 0 Å². The first kappa shape index (κ1) is 7.51. The van der Waals surface area contributed by atoms with Crippen LogP contribution < -0.4 is 0 Å². The van der Waals surface area contributed by atoms with E-state index in [1.165, 1.54) is 0 Å². The molecule has 0 aromatic heterocycles. The zero-order valence-electron chi connectivity index (χ0n) is 6.24. The topological polar surface area (TPSA) is 29.5 Å².